The van der Waals surface area contributed by atoms with E-state index in [1.165, 1.54) is 0 Å². The van der Waals surface area contributed by atoms with Gasteiger partial charge < -0.3 is 4.90 Å². The summed E-state index contributed by atoms with van der Waals surface area (Å²) in [6, 6.07) is 2.76. The molecule has 0 spiro atoms. The minimum atomic E-state index is -3.78. The average Bonchev–Trinajstić information content (AvgIpc) is 2.47. The van der Waals surface area contributed by atoms with Crippen molar-refractivity contribution in [3.05, 3.63) is 29.8 Å². The van der Waals surface area contributed by atoms with Crippen LogP contribution < -0.4 is 4.31 Å². The number of hydrogen-bond donors (Lipinski definition) is 0. The fraction of sp³-hybridized carbons (Fsp3) is 0.500. The molecule has 0 unspecified atom stereocenters. The summed E-state index contributed by atoms with van der Waals surface area (Å²) >= 11 is 0. The van der Waals surface area contributed by atoms with Gasteiger partial charge in [-0.05, 0) is 31.4 Å². The highest BCUT2D eigenvalue weighted by atomic mass is 32.2. The Morgan fingerprint density at radius 2 is 1.82 bits per heavy atom. The van der Waals surface area contributed by atoms with Gasteiger partial charge >= 0.3 is 0 Å². The number of anilines is 1. The fourth-order valence-electron chi connectivity index (χ4n) is 2.41. The van der Waals surface area contributed by atoms with E-state index in [-0.39, 0.29) is 11.6 Å². The van der Waals surface area contributed by atoms with Crippen LogP contribution in [0.2, 0.25) is 0 Å². The zero-order valence-corrected chi connectivity index (χ0v) is 13.1. The van der Waals surface area contributed by atoms with Gasteiger partial charge in [0.2, 0.25) is 15.9 Å². The Labute approximate surface area is 128 Å². The lowest BCUT2D eigenvalue weighted by molar-refractivity contribution is -0.130. The maximum atomic E-state index is 13.3. The summed E-state index contributed by atoms with van der Waals surface area (Å²) in [5.41, 5.74) is -0.0632. The molecule has 1 aromatic rings. The number of piperidine rings is 1. The summed E-state index contributed by atoms with van der Waals surface area (Å²) < 4.78 is 50.9. The lowest BCUT2D eigenvalue weighted by Crippen LogP contribution is -2.44. The van der Waals surface area contributed by atoms with Gasteiger partial charge in [-0.2, -0.15) is 0 Å². The zero-order chi connectivity index (χ0) is 16.3. The van der Waals surface area contributed by atoms with E-state index in [2.05, 4.69) is 0 Å². The lowest BCUT2D eigenvalue weighted by Gasteiger charge is -2.30. The molecule has 0 atom stereocenters. The lowest BCUT2D eigenvalue weighted by atomic mass is 10.1. The van der Waals surface area contributed by atoms with Gasteiger partial charge in [-0.15, -0.1) is 0 Å². The number of halogens is 2. The van der Waals surface area contributed by atoms with Crippen LogP contribution in [0.5, 0.6) is 0 Å². The van der Waals surface area contributed by atoms with Crippen LogP contribution in [0.15, 0.2) is 18.2 Å². The van der Waals surface area contributed by atoms with Crippen molar-refractivity contribution < 1.29 is 22.0 Å². The van der Waals surface area contributed by atoms with Gasteiger partial charge in [0.1, 0.15) is 6.54 Å². The first-order chi connectivity index (χ1) is 10.3. The molecular formula is C14H18F2N2O3S. The number of sulfonamides is 1. The maximum absolute atomic E-state index is 13.3. The second kappa shape index (κ2) is 6.60. The van der Waals surface area contributed by atoms with Crippen LogP contribution in [0.3, 0.4) is 0 Å². The molecule has 122 valence electrons. The predicted molar refractivity (Wildman–Crippen MR) is 79.0 cm³/mol. The van der Waals surface area contributed by atoms with Crippen LogP contribution in [-0.4, -0.2) is 45.1 Å². The van der Waals surface area contributed by atoms with Gasteiger partial charge in [0.25, 0.3) is 0 Å². The van der Waals surface area contributed by atoms with Crippen molar-refractivity contribution in [1.29, 1.82) is 0 Å². The van der Waals surface area contributed by atoms with Crippen molar-refractivity contribution in [3.63, 3.8) is 0 Å². The van der Waals surface area contributed by atoms with E-state index in [9.17, 15) is 22.0 Å². The number of amides is 1. The second-order valence-corrected chi connectivity index (χ2v) is 7.22. The van der Waals surface area contributed by atoms with Crippen molar-refractivity contribution in [2.24, 2.45) is 0 Å². The molecule has 1 amide bonds. The van der Waals surface area contributed by atoms with Gasteiger partial charge in [-0.25, -0.2) is 17.2 Å². The van der Waals surface area contributed by atoms with Gasteiger partial charge in [-0.1, -0.05) is 0 Å². The molecule has 8 heteroatoms. The van der Waals surface area contributed by atoms with Crippen LogP contribution in [0.25, 0.3) is 0 Å². The molecule has 22 heavy (non-hydrogen) atoms. The Balaban J connectivity index is 2.23. The van der Waals surface area contributed by atoms with E-state index in [4.69, 9.17) is 0 Å². The predicted octanol–water partition coefficient (Wildman–Crippen LogP) is 1.74. The quantitative estimate of drug-likeness (QED) is 0.844. The molecule has 0 aromatic heterocycles. The number of benzene rings is 1. The Morgan fingerprint density at radius 1 is 1.18 bits per heavy atom. The molecular weight excluding hydrogens is 314 g/mol. The third-order valence-electron chi connectivity index (χ3n) is 3.58. The molecule has 0 aliphatic carbocycles. The number of rotatable bonds is 4. The maximum Gasteiger partial charge on any atom is 0.243 e. The molecule has 1 aliphatic rings. The third-order valence-corrected chi connectivity index (χ3v) is 4.72. The molecule has 0 N–H and O–H groups in total. The van der Waals surface area contributed by atoms with Gasteiger partial charge in [-0.3, -0.25) is 9.10 Å². The van der Waals surface area contributed by atoms with Crippen LogP contribution in [0.4, 0.5) is 14.5 Å². The van der Waals surface area contributed by atoms with E-state index in [0.717, 1.165) is 48.0 Å². The molecule has 1 saturated heterocycles. The minimum Gasteiger partial charge on any atom is -0.341 e. The molecule has 2 rings (SSSR count). The first-order valence-corrected chi connectivity index (χ1v) is 8.84. The molecule has 0 radical (unpaired) electrons. The summed E-state index contributed by atoms with van der Waals surface area (Å²) in [7, 11) is -3.78. The van der Waals surface area contributed by atoms with Crippen LogP contribution in [0, 0.1) is 11.6 Å². The molecule has 5 nitrogen and oxygen atoms in total. The Kier molecular flexibility index (Phi) is 5.00. The van der Waals surface area contributed by atoms with E-state index in [1.54, 1.807) is 4.90 Å². The van der Waals surface area contributed by atoms with Crippen molar-refractivity contribution in [2.45, 2.75) is 19.3 Å². The number of carbonyl (C=O) groups is 1. The smallest absolute Gasteiger partial charge is 0.243 e. The molecule has 0 saturated carbocycles. The summed E-state index contributed by atoms with van der Waals surface area (Å²) in [5, 5.41) is 0. The first kappa shape index (κ1) is 16.7. The van der Waals surface area contributed by atoms with E-state index < -0.39 is 28.2 Å². The number of hydrogen-bond acceptors (Lipinski definition) is 3. The van der Waals surface area contributed by atoms with Gasteiger partial charge in [0.15, 0.2) is 11.6 Å². The first-order valence-electron chi connectivity index (χ1n) is 6.99. The van der Waals surface area contributed by atoms with Gasteiger partial charge in [0.05, 0.1) is 11.9 Å². The second-order valence-electron chi connectivity index (χ2n) is 5.31. The van der Waals surface area contributed by atoms with E-state index >= 15 is 0 Å². The highest BCUT2D eigenvalue weighted by Gasteiger charge is 2.25. The number of carbonyl (C=O) groups excluding carboxylic acids is 1. The van der Waals surface area contributed by atoms with Crippen molar-refractivity contribution in [3.8, 4) is 0 Å². The summed E-state index contributed by atoms with van der Waals surface area (Å²) in [6.07, 6.45) is 3.74. The molecule has 1 aliphatic heterocycles. The summed E-state index contributed by atoms with van der Waals surface area (Å²) in [5.74, 6) is -2.56. The zero-order valence-electron chi connectivity index (χ0n) is 12.3. The average molecular weight is 332 g/mol. The highest BCUT2D eigenvalue weighted by Crippen LogP contribution is 2.21. The Hall–Kier alpha value is -1.70. The molecule has 1 fully saturated rings. The van der Waals surface area contributed by atoms with Crippen molar-refractivity contribution in [2.75, 3.05) is 30.2 Å². The SMILES string of the molecule is CS(=O)(=O)N(CC(=O)N1CCCCC1)c1ccc(F)c(F)c1. The third kappa shape index (κ3) is 3.94. The van der Waals surface area contributed by atoms with Crippen molar-refractivity contribution >= 4 is 21.6 Å². The van der Waals surface area contributed by atoms with E-state index in [1.807, 2.05) is 0 Å². The normalized spacial score (nSPS) is 15.7. The summed E-state index contributed by atoms with van der Waals surface area (Å²) in [6.45, 7) is 0.770. The van der Waals surface area contributed by atoms with E-state index in [0.29, 0.717) is 13.1 Å². The highest BCUT2D eigenvalue weighted by molar-refractivity contribution is 7.92. The number of likely N-dealkylation sites (tertiary alicyclic amines) is 1. The monoisotopic (exact) mass is 332 g/mol. The summed E-state index contributed by atoms with van der Waals surface area (Å²) in [4.78, 5) is 13.8. The Morgan fingerprint density at radius 3 is 2.36 bits per heavy atom. The molecule has 1 heterocycles. The van der Waals surface area contributed by atoms with Crippen molar-refractivity contribution in [1.82, 2.24) is 4.90 Å². The van der Waals surface area contributed by atoms with Crippen LogP contribution in [0.1, 0.15) is 19.3 Å². The topological polar surface area (TPSA) is 57.7 Å². The molecule has 0 bridgehead atoms. The standard InChI is InChI=1S/C14H18F2N2O3S/c1-22(20,21)18(11-5-6-12(15)13(16)9-11)10-14(19)17-7-3-2-4-8-17/h5-6,9H,2-4,7-8,10H2,1H3. The Bertz CT molecular complexity index is 658. The van der Waals surface area contributed by atoms with Crippen LogP contribution >= 0.6 is 0 Å². The largest absolute Gasteiger partial charge is 0.341 e. The fourth-order valence-corrected chi connectivity index (χ4v) is 3.25. The molecule has 1 aromatic carbocycles. The van der Waals surface area contributed by atoms with Gasteiger partial charge in [0, 0.05) is 19.2 Å². The minimum absolute atomic E-state index is 0.0632. The number of nitrogens with zero attached hydrogens (tertiary/aromatic N) is 2. The van der Waals surface area contributed by atoms with Crippen LogP contribution in [-0.2, 0) is 14.8 Å².